The number of alkyl halides is 3. The van der Waals surface area contributed by atoms with Crippen LogP contribution in [0.2, 0.25) is 5.02 Å². The summed E-state index contributed by atoms with van der Waals surface area (Å²) in [5.41, 5.74) is 1.11. The van der Waals surface area contributed by atoms with E-state index in [-0.39, 0.29) is 5.02 Å². The predicted octanol–water partition coefficient (Wildman–Crippen LogP) is 4.91. The van der Waals surface area contributed by atoms with Crippen molar-refractivity contribution in [1.82, 2.24) is 10.1 Å². The minimum atomic E-state index is -4.44. The standard InChI is InChI=1S/C14H12ClF3N2OS/c15-10-5-8(14(16,17)18)6-19-13(10)22-7-11-9-3-1-2-4-12(9)21-20-11/h5-6H,1-4,7H2. The molecule has 3 nitrogen and oxygen atoms in total. The zero-order chi connectivity index (χ0) is 15.7. The van der Waals surface area contributed by atoms with Gasteiger partial charge in [0.15, 0.2) is 0 Å². The molecule has 22 heavy (non-hydrogen) atoms. The molecule has 0 fully saturated rings. The van der Waals surface area contributed by atoms with Crippen LogP contribution in [0.3, 0.4) is 0 Å². The maximum Gasteiger partial charge on any atom is 0.417 e. The molecule has 0 unspecified atom stereocenters. The van der Waals surface area contributed by atoms with Gasteiger partial charge in [-0.3, -0.25) is 0 Å². The number of hydrogen-bond acceptors (Lipinski definition) is 4. The summed E-state index contributed by atoms with van der Waals surface area (Å²) in [4.78, 5) is 3.81. The van der Waals surface area contributed by atoms with Gasteiger partial charge in [-0.2, -0.15) is 13.2 Å². The second-order valence-corrected chi connectivity index (χ2v) is 6.41. The molecule has 0 aromatic carbocycles. The summed E-state index contributed by atoms with van der Waals surface area (Å²) in [5.74, 6) is 1.41. The molecule has 0 radical (unpaired) electrons. The summed E-state index contributed by atoms with van der Waals surface area (Å²) in [7, 11) is 0. The van der Waals surface area contributed by atoms with Crippen molar-refractivity contribution in [1.29, 1.82) is 0 Å². The number of halogens is 4. The van der Waals surface area contributed by atoms with Crippen molar-refractivity contribution in [3.63, 3.8) is 0 Å². The van der Waals surface area contributed by atoms with Gasteiger partial charge in [-0.15, -0.1) is 0 Å². The molecule has 0 saturated heterocycles. The second-order valence-electron chi connectivity index (χ2n) is 5.04. The summed E-state index contributed by atoms with van der Waals surface area (Å²) in [6.45, 7) is 0. The van der Waals surface area contributed by atoms with Crippen LogP contribution in [-0.2, 0) is 24.8 Å². The van der Waals surface area contributed by atoms with E-state index in [1.54, 1.807) is 0 Å². The van der Waals surface area contributed by atoms with E-state index in [4.69, 9.17) is 16.1 Å². The molecule has 2 aromatic rings. The van der Waals surface area contributed by atoms with E-state index >= 15 is 0 Å². The number of pyridine rings is 1. The third kappa shape index (κ3) is 3.25. The van der Waals surface area contributed by atoms with Gasteiger partial charge in [0, 0.05) is 23.9 Å². The monoisotopic (exact) mass is 348 g/mol. The average Bonchev–Trinajstić information content (AvgIpc) is 2.88. The van der Waals surface area contributed by atoms with E-state index in [1.165, 1.54) is 11.8 Å². The molecular formula is C14H12ClF3N2OS. The first kappa shape index (κ1) is 15.7. The molecule has 1 aliphatic carbocycles. The molecule has 118 valence electrons. The molecule has 8 heteroatoms. The average molecular weight is 349 g/mol. The Labute approximate surface area is 134 Å². The molecule has 0 spiro atoms. The molecule has 0 amide bonds. The third-order valence-corrected chi connectivity index (χ3v) is 4.93. The van der Waals surface area contributed by atoms with E-state index in [0.717, 1.165) is 55.0 Å². The van der Waals surface area contributed by atoms with Crippen molar-refractivity contribution in [3.05, 3.63) is 39.9 Å². The van der Waals surface area contributed by atoms with Crippen molar-refractivity contribution < 1.29 is 17.7 Å². The molecule has 3 rings (SSSR count). The van der Waals surface area contributed by atoms with Gasteiger partial charge in [0.05, 0.1) is 16.3 Å². The molecule has 0 aliphatic heterocycles. The summed E-state index contributed by atoms with van der Waals surface area (Å²) in [6, 6.07) is 0.898. The lowest BCUT2D eigenvalue weighted by Crippen LogP contribution is -2.05. The molecule has 0 bridgehead atoms. The normalized spacial score (nSPS) is 14.9. The highest BCUT2D eigenvalue weighted by Crippen LogP contribution is 2.35. The topological polar surface area (TPSA) is 38.9 Å². The van der Waals surface area contributed by atoms with Crippen molar-refractivity contribution in [2.45, 2.75) is 42.6 Å². The van der Waals surface area contributed by atoms with E-state index < -0.39 is 11.7 Å². The van der Waals surface area contributed by atoms with Gasteiger partial charge < -0.3 is 4.52 Å². The van der Waals surface area contributed by atoms with Crippen LogP contribution in [0.5, 0.6) is 0 Å². The van der Waals surface area contributed by atoms with Gasteiger partial charge in [-0.25, -0.2) is 4.98 Å². The maximum absolute atomic E-state index is 12.6. The van der Waals surface area contributed by atoms with Crippen LogP contribution in [-0.4, -0.2) is 10.1 Å². The molecule has 2 heterocycles. The molecule has 2 aromatic heterocycles. The maximum atomic E-state index is 12.6. The van der Waals surface area contributed by atoms with Crippen molar-refractivity contribution in [2.75, 3.05) is 0 Å². The van der Waals surface area contributed by atoms with Gasteiger partial charge in [-0.05, 0) is 25.3 Å². The second kappa shape index (κ2) is 6.12. The Morgan fingerprint density at radius 2 is 2.05 bits per heavy atom. The van der Waals surface area contributed by atoms with Crippen molar-refractivity contribution in [3.8, 4) is 0 Å². The minimum Gasteiger partial charge on any atom is -0.361 e. The Balaban J connectivity index is 1.73. The van der Waals surface area contributed by atoms with Crippen LogP contribution < -0.4 is 0 Å². The lowest BCUT2D eigenvalue weighted by atomic mass is 9.97. The van der Waals surface area contributed by atoms with E-state index in [9.17, 15) is 13.2 Å². The number of rotatable bonds is 3. The van der Waals surface area contributed by atoms with Crippen molar-refractivity contribution >= 4 is 23.4 Å². The highest BCUT2D eigenvalue weighted by Gasteiger charge is 2.31. The Kier molecular flexibility index (Phi) is 4.36. The highest BCUT2D eigenvalue weighted by atomic mass is 35.5. The number of aromatic nitrogens is 2. The largest absolute Gasteiger partial charge is 0.417 e. The van der Waals surface area contributed by atoms with Gasteiger partial charge in [0.1, 0.15) is 10.8 Å². The van der Waals surface area contributed by atoms with E-state index in [0.29, 0.717) is 10.8 Å². The Bertz CT molecular complexity index is 687. The van der Waals surface area contributed by atoms with Crippen LogP contribution in [0.15, 0.2) is 21.8 Å². The Morgan fingerprint density at radius 3 is 2.77 bits per heavy atom. The Hall–Kier alpha value is -1.21. The lowest BCUT2D eigenvalue weighted by molar-refractivity contribution is -0.137. The first-order valence-electron chi connectivity index (χ1n) is 6.77. The lowest BCUT2D eigenvalue weighted by Gasteiger charge is -2.10. The highest BCUT2D eigenvalue weighted by molar-refractivity contribution is 7.98. The zero-order valence-electron chi connectivity index (χ0n) is 11.4. The predicted molar refractivity (Wildman–Crippen MR) is 77.0 cm³/mol. The molecule has 0 N–H and O–H groups in total. The van der Waals surface area contributed by atoms with Crippen LogP contribution in [0, 0.1) is 0 Å². The number of hydrogen-bond donors (Lipinski definition) is 0. The fourth-order valence-corrected chi connectivity index (χ4v) is 3.54. The smallest absolute Gasteiger partial charge is 0.361 e. The van der Waals surface area contributed by atoms with Gasteiger partial charge >= 0.3 is 6.18 Å². The molecule has 0 saturated carbocycles. The summed E-state index contributed by atoms with van der Waals surface area (Å²) >= 11 is 7.16. The van der Waals surface area contributed by atoms with E-state index in [1.807, 2.05) is 0 Å². The molecular weight excluding hydrogens is 337 g/mol. The fourth-order valence-electron chi connectivity index (χ4n) is 2.39. The number of aryl methyl sites for hydroxylation is 1. The molecule has 1 aliphatic rings. The van der Waals surface area contributed by atoms with Crippen LogP contribution in [0.1, 0.15) is 35.4 Å². The summed E-state index contributed by atoms with van der Waals surface area (Å²) < 4.78 is 43.0. The number of fused-ring (bicyclic) bond motifs is 1. The van der Waals surface area contributed by atoms with E-state index in [2.05, 4.69) is 10.1 Å². The van der Waals surface area contributed by atoms with Crippen LogP contribution >= 0.6 is 23.4 Å². The van der Waals surface area contributed by atoms with Crippen LogP contribution in [0.4, 0.5) is 13.2 Å². The van der Waals surface area contributed by atoms with Gasteiger partial charge in [0.2, 0.25) is 0 Å². The number of nitrogens with zero attached hydrogens (tertiary/aromatic N) is 2. The zero-order valence-corrected chi connectivity index (χ0v) is 13.0. The van der Waals surface area contributed by atoms with Gasteiger partial charge in [-0.1, -0.05) is 28.5 Å². The number of thioether (sulfide) groups is 1. The minimum absolute atomic E-state index is 0.00260. The quantitative estimate of drug-likeness (QED) is 0.738. The van der Waals surface area contributed by atoms with Crippen molar-refractivity contribution in [2.24, 2.45) is 0 Å². The summed E-state index contributed by atoms with van der Waals surface area (Å²) in [6.07, 6.45) is 0.388. The van der Waals surface area contributed by atoms with Crippen LogP contribution in [0.25, 0.3) is 0 Å². The first-order chi connectivity index (χ1) is 10.4. The third-order valence-electron chi connectivity index (χ3n) is 3.51. The molecule has 0 atom stereocenters. The summed E-state index contributed by atoms with van der Waals surface area (Å²) in [5, 5.41) is 4.41. The fraction of sp³-hybridized carbons (Fsp3) is 0.429. The van der Waals surface area contributed by atoms with Gasteiger partial charge in [0.25, 0.3) is 0 Å². The first-order valence-corrected chi connectivity index (χ1v) is 8.13. The Morgan fingerprint density at radius 1 is 1.27 bits per heavy atom. The SMILES string of the molecule is FC(F)(F)c1cnc(SCc2noc3c2CCCC3)c(Cl)c1.